The molecule has 0 bridgehead atoms. The van der Waals surface area contributed by atoms with Gasteiger partial charge in [0.15, 0.2) is 11.5 Å². The fourth-order valence-corrected chi connectivity index (χ4v) is 1.49. The molecule has 2 N–H and O–H groups in total. The van der Waals surface area contributed by atoms with Gasteiger partial charge < -0.3 is 10.6 Å². The Kier molecular flexibility index (Phi) is 2.95. The van der Waals surface area contributed by atoms with Crippen molar-refractivity contribution in [2.24, 2.45) is 5.73 Å². The second kappa shape index (κ2) is 4.40. The Morgan fingerprint density at radius 2 is 2.31 bits per heavy atom. The minimum atomic E-state index is 0.339. The van der Waals surface area contributed by atoms with Crippen molar-refractivity contribution in [2.75, 3.05) is 18.5 Å². The molecule has 16 heavy (non-hydrogen) atoms. The van der Waals surface area contributed by atoms with Gasteiger partial charge in [0.2, 0.25) is 0 Å². The van der Waals surface area contributed by atoms with Gasteiger partial charge in [0.25, 0.3) is 0 Å². The smallest absolute Gasteiger partial charge is 0.200 e. The highest BCUT2D eigenvalue weighted by Crippen LogP contribution is 2.12. The average molecular weight is 221 g/mol. The summed E-state index contributed by atoms with van der Waals surface area (Å²) < 4.78 is 1.42. The zero-order chi connectivity index (χ0) is 11.5. The molecule has 7 heteroatoms. The van der Waals surface area contributed by atoms with Gasteiger partial charge >= 0.3 is 0 Å². The normalized spacial score (nSPS) is 12.9. The van der Waals surface area contributed by atoms with Gasteiger partial charge in [-0.3, -0.25) is 0 Å². The highest BCUT2D eigenvalue weighted by Gasteiger charge is 2.11. The van der Waals surface area contributed by atoms with Crippen LogP contribution in [0.2, 0.25) is 0 Å². The molecule has 2 rings (SSSR count). The summed E-state index contributed by atoms with van der Waals surface area (Å²) in [6.07, 6.45) is 0.922. The summed E-state index contributed by atoms with van der Waals surface area (Å²) in [5.74, 6) is 0.834. The molecule has 1 atom stereocenters. The summed E-state index contributed by atoms with van der Waals surface area (Å²) >= 11 is 0. The van der Waals surface area contributed by atoms with Gasteiger partial charge in [-0.05, 0) is 42.4 Å². The first-order valence-corrected chi connectivity index (χ1v) is 5.20. The zero-order valence-corrected chi connectivity index (χ0v) is 9.41. The highest BCUT2D eigenvalue weighted by atomic mass is 15.6. The van der Waals surface area contributed by atoms with Crippen molar-refractivity contribution in [2.45, 2.75) is 19.4 Å². The minimum Gasteiger partial charge on any atom is -0.355 e. The van der Waals surface area contributed by atoms with Crippen LogP contribution < -0.4 is 10.6 Å². The van der Waals surface area contributed by atoms with Crippen molar-refractivity contribution in [3.05, 3.63) is 12.1 Å². The predicted molar refractivity (Wildman–Crippen MR) is 60.1 cm³/mol. The first kappa shape index (κ1) is 10.7. The largest absolute Gasteiger partial charge is 0.355 e. The number of hydrogen-bond acceptors (Lipinski definition) is 6. The highest BCUT2D eigenvalue weighted by molar-refractivity contribution is 5.44. The number of hydrogen-bond donors (Lipinski definition) is 1. The van der Waals surface area contributed by atoms with Crippen molar-refractivity contribution in [3.8, 4) is 0 Å². The summed E-state index contributed by atoms with van der Waals surface area (Å²) in [5.41, 5.74) is 6.18. The van der Waals surface area contributed by atoms with E-state index >= 15 is 0 Å². The van der Waals surface area contributed by atoms with Crippen LogP contribution in [0.25, 0.3) is 5.65 Å². The molecule has 0 radical (unpaired) electrons. The van der Waals surface area contributed by atoms with Crippen LogP contribution in [-0.2, 0) is 0 Å². The lowest BCUT2D eigenvalue weighted by Gasteiger charge is -2.24. The summed E-state index contributed by atoms with van der Waals surface area (Å²) in [7, 11) is 1.98. The molecule has 0 fully saturated rings. The molecule has 7 nitrogen and oxygen atoms in total. The van der Waals surface area contributed by atoms with E-state index in [0.717, 1.165) is 12.2 Å². The minimum absolute atomic E-state index is 0.339. The van der Waals surface area contributed by atoms with Gasteiger partial charge in [0.05, 0.1) is 0 Å². The first-order valence-electron chi connectivity index (χ1n) is 5.20. The fraction of sp³-hybridized carbons (Fsp3) is 0.556. The Balaban J connectivity index is 2.24. The van der Waals surface area contributed by atoms with Crippen molar-refractivity contribution >= 4 is 11.5 Å². The van der Waals surface area contributed by atoms with Crippen LogP contribution in [-0.4, -0.2) is 44.9 Å². The Bertz CT molecular complexity index is 466. The predicted octanol–water partition coefficient (Wildman–Crippen LogP) is -0.307. The number of aromatic nitrogens is 5. The molecule has 0 aliphatic heterocycles. The van der Waals surface area contributed by atoms with Crippen molar-refractivity contribution in [1.82, 2.24) is 25.3 Å². The number of nitrogens with two attached hydrogens (primary N) is 1. The van der Waals surface area contributed by atoms with E-state index in [4.69, 9.17) is 5.73 Å². The van der Waals surface area contributed by atoms with Crippen molar-refractivity contribution < 1.29 is 0 Å². The first-order chi connectivity index (χ1) is 7.72. The van der Waals surface area contributed by atoms with Crippen molar-refractivity contribution in [3.63, 3.8) is 0 Å². The lowest BCUT2D eigenvalue weighted by atomic mass is 10.2. The van der Waals surface area contributed by atoms with Crippen molar-refractivity contribution in [1.29, 1.82) is 0 Å². The second-order valence-electron chi connectivity index (χ2n) is 3.76. The lowest BCUT2D eigenvalue weighted by Crippen LogP contribution is -2.31. The van der Waals surface area contributed by atoms with E-state index in [1.54, 1.807) is 0 Å². The standard InChI is InChI=1S/C9H15N7/c1-7(5-6-10)15(2)9-4-3-8-11-13-14-16(8)12-9/h3-4,7H,5-6,10H2,1-2H3. The van der Waals surface area contributed by atoms with Gasteiger partial charge in [-0.1, -0.05) is 0 Å². The SMILES string of the molecule is CC(CCN)N(C)c1ccc2nnnn2n1. The van der Waals surface area contributed by atoms with E-state index in [-0.39, 0.29) is 0 Å². The van der Waals surface area contributed by atoms with Gasteiger partial charge in [-0.25, -0.2) is 0 Å². The van der Waals surface area contributed by atoms with Crippen LogP contribution >= 0.6 is 0 Å². The number of anilines is 1. The lowest BCUT2D eigenvalue weighted by molar-refractivity contribution is 0.618. The molecule has 2 aromatic rings. The van der Waals surface area contributed by atoms with E-state index in [1.807, 2.05) is 19.2 Å². The third-order valence-corrected chi connectivity index (χ3v) is 2.66. The molecule has 0 saturated carbocycles. The van der Waals surface area contributed by atoms with Gasteiger partial charge in [-0.2, -0.15) is 0 Å². The van der Waals surface area contributed by atoms with Crippen LogP contribution in [0.4, 0.5) is 5.82 Å². The average Bonchev–Trinajstić information content (AvgIpc) is 2.75. The third-order valence-electron chi connectivity index (χ3n) is 2.66. The Morgan fingerprint density at radius 3 is 3.06 bits per heavy atom. The fourth-order valence-electron chi connectivity index (χ4n) is 1.49. The quantitative estimate of drug-likeness (QED) is 0.762. The van der Waals surface area contributed by atoms with Crippen LogP contribution in [0.5, 0.6) is 0 Å². The van der Waals surface area contributed by atoms with E-state index in [0.29, 0.717) is 18.2 Å². The van der Waals surface area contributed by atoms with E-state index in [9.17, 15) is 0 Å². The van der Waals surface area contributed by atoms with Gasteiger partial charge in [-0.15, -0.1) is 14.8 Å². The van der Waals surface area contributed by atoms with Crippen LogP contribution in [0.3, 0.4) is 0 Å². The molecular weight excluding hydrogens is 206 g/mol. The van der Waals surface area contributed by atoms with E-state index in [1.165, 1.54) is 4.63 Å². The monoisotopic (exact) mass is 221 g/mol. The molecule has 0 aromatic carbocycles. The molecule has 2 heterocycles. The number of tetrazole rings is 1. The van der Waals surface area contributed by atoms with E-state index < -0.39 is 0 Å². The molecule has 86 valence electrons. The summed E-state index contributed by atoms with van der Waals surface area (Å²) in [6, 6.07) is 4.08. The molecule has 0 aliphatic carbocycles. The van der Waals surface area contributed by atoms with Crippen LogP contribution in [0.1, 0.15) is 13.3 Å². The molecule has 2 aromatic heterocycles. The number of rotatable bonds is 4. The third kappa shape index (κ3) is 1.94. The molecule has 0 spiro atoms. The zero-order valence-electron chi connectivity index (χ0n) is 9.41. The Labute approximate surface area is 93.2 Å². The summed E-state index contributed by atoms with van der Waals surface area (Å²) in [6.45, 7) is 2.77. The van der Waals surface area contributed by atoms with Crippen LogP contribution in [0, 0.1) is 0 Å². The molecule has 0 aliphatic rings. The number of fused-ring (bicyclic) bond motifs is 1. The van der Waals surface area contributed by atoms with Gasteiger partial charge in [0, 0.05) is 13.1 Å². The second-order valence-corrected chi connectivity index (χ2v) is 3.76. The Morgan fingerprint density at radius 1 is 1.50 bits per heavy atom. The summed E-state index contributed by atoms with van der Waals surface area (Å²) in [5, 5.41) is 15.4. The number of nitrogens with zero attached hydrogens (tertiary/aromatic N) is 6. The maximum Gasteiger partial charge on any atom is 0.200 e. The maximum atomic E-state index is 5.53. The maximum absolute atomic E-state index is 5.53. The van der Waals surface area contributed by atoms with E-state index in [2.05, 4.69) is 32.4 Å². The molecule has 0 saturated heterocycles. The van der Waals surface area contributed by atoms with Gasteiger partial charge in [0.1, 0.15) is 0 Å². The topological polar surface area (TPSA) is 85.2 Å². The molecule has 1 unspecified atom stereocenters. The summed E-state index contributed by atoms with van der Waals surface area (Å²) in [4.78, 5) is 2.06. The van der Waals surface area contributed by atoms with Crippen LogP contribution in [0.15, 0.2) is 12.1 Å². The molecular formula is C9H15N7. The molecule has 0 amide bonds. The Hall–Kier alpha value is -1.76.